The summed E-state index contributed by atoms with van der Waals surface area (Å²) in [6.07, 6.45) is 5.05. The average molecular weight is 202 g/mol. The quantitative estimate of drug-likeness (QED) is 0.716. The van der Waals surface area contributed by atoms with Gasteiger partial charge in [-0.1, -0.05) is 32.3 Å². The molecule has 1 rings (SSSR count). The number of hydrogen-bond acceptors (Lipinski definition) is 2. The Labute approximate surface area is 91.9 Å². The van der Waals surface area contributed by atoms with Crippen molar-refractivity contribution in [1.82, 2.24) is 0 Å². The second-order valence-corrected chi connectivity index (χ2v) is 3.68. The summed E-state index contributed by atoms with van der Waals surface area (Å²) in [6, 6.07) is 9.76. The lowest BCUT2D eigenvalue weighted by Crippen LogP contribution is -2.01. The van der Waals surface area contributed by atoms with Crippen molar-refractivity contribution in [3.8, 4) is 6.07 Å². The van der Waals surface area contributed by atoms with Gasteiger partial charge in [0.25, 0.3) is 0 Å². The summed E-state index contributed by atoms with van der Waals surface area (Å²) in [5.74, 6) is 0. The van der Waals surface area contributed by atoms with Crippen molar-refractivity contribution in [3.05, 3.63) is 29.8 Å². The Hall–Kier alpha value is -1.49. The lowest BCUT2D eigenvalue weighted by atomic mass is 10.2. The molecule has 0 atom stereocenters. The lowest BCUT2D eigenvalue weighted by Gasteiger charge is -2.05. The van der Waals surface area contributed by atoms with E-state index in [2.05, 4.69) is 18.3 Å². The molecule has 0 amide bonds. The van der Waals surface area contributed by atoms with Crippen molar-refractivity contribution in [2.75, 3.05) is 11.9 Å². The molecule has 0 saturated carbocycles. The van der Waals surface area contributed by atoms with Gasteiger partial charge in [0, 0.05) is 12.2 Å². The molecule has 0 heterocycles. The Kier molecular flexibility index (Phi) is 5.32. The minimum absolute atomic E-state index is 0.716. The fourth-order valence-electron chi connectivity index (χ4n) is 1.48. The second kappa shape index (κ2) is 6.89. The topological polar surface area (TPSA) is 35.8 Å². The number of anilines is 1. The van der Waals surface area contributed by atoms with Crippen molar-refractivity contribution >= 4 is 5.69 Å². The van der Waals surface area contributed by atoms with Gasteiger partial charge in [0.15, 0.2) is 0 Å². The van der Waals surface area contributed by atoms with Gasteiger partial charge in [-0.05, 0) is 24.6 Å². The van der Waals surface area contributed by atoms with Gasteiger partial charge in [0.05, 0.1) is 11.6 Å². The van der Waals surface area contributed by atoms with Gasteiger partial charge in [0.2, 0.25) is 0 Å². The smallest absolute Gasteiger partial charge is 0.0992 e. The molecule has 0 saturated heterocycles. The summed E-state index contributed by atoms with van der Waals surface area (Å²) < 4.78 is 0. The third-order valence-corrected chi connectivity index (χ3v) is 2.35. The first kappa shape index (κ1) is 11.6. The minimum atomic E-state index is 0.716. The van der Waals surface area contributed by atoms with E-state index in [0.29, 0.717) is 5.56 Å². The first-order valence-electron chi connectivity index (χ1n) is 5.61. The number of nitriles is 1. The summed E-state index contributed by atoms with van der Waals surface area (Å²) in [5.41, 5.74) is 1.76. The standard InChI is InChI=1S/C13H18N2/c1-2-3-4-5-9-15-13-8-6-7-12(10-13)11-14/h6-8,10,15H,2-5,9H2,1H3. The monoisotopic (exact) mass is 202 g/mol. The van der Waals surface area contributed by atoms with Crippen molar-refractivity contribution in [3.63, 3.8) is 0 Å². The number of nitrogens with one attached hydrogen (secondary N) is 1. The van der Waals surface area contributed by atoms with Crippen molar-refractivity contribution in [2.24, 2.45) is 0 Å². The zero-order valence-electron chi connectivity index (χ0n) is 9.29. The maximum atomic E-state index is 8.73. The summed E-state index contributed by atoms with van der Waals surface area (Å²) >= 11 is 0. The van der Waals surface area contributed by atoms with Crippen molar-refractivity contribution in [2.45, 2.75) is 32.6 Å². The molecule has 0 aromatic heterocycles. The molecule has 0 aliphatic heterocycles. The highest BCUT2D eigenvalue weighted by atomic mass is 14.9. The molecule has 1 aromatic carbocycles. The Balaban J connectivity index is 2.28. The highest BCUT2D eigenvalue weighted by Crippen LogP contribution is 2.10. The molecule has 15 heavy (non-hydrogen) atoms. The van der Waals surface area contributed by atoms with Crippen LogP contribution >= 0.6 is 0 Å². The van der Waals surface area contributed by atoms with E-state index in [4.69, 9.17) is 5.26 Å². The molecule has 2 heteroatoms. The van der Waals surface area contributed by atoms with Crippen LogP contribution in [0.2, 0.25) is 0 Å². The molecule has 0 aliphatic rings. The minimum Gasteiger partial charge on any atom is -0.385 e. The molecule has 80 valence electrons. The Morgan fingerprint density at radius 3 is 2.87 bits per heavy atom. The summed E-state index contributed by atoms with van der Waals surface area (Å²) in [4.78, 5) is 0. The van der Waals surface area contributed by atoms with E-state index in [1.165, 1.54) is 25.7 Å². The maximum absolute atomic E-state index is 8.73. The zero-order valence-corrected chi connectivity index (χ0v) is 9.29. The van der Waals surface area contributed by atoms with Crippen LogP contribution in [0.15, 0.2) is 24.3 Å². The average Bonchev–Trinajstić information content (AvgIpc) is 2.29. The predicted molar refractivity (Wildman–Crippen MR) is 63.8 cm³/mol. The van der Waals surface area contributed by atoms with E-state index in [-0.39, 0.29) is 0 Å². The molecular weight excluding hydrogens is 184 g/mol. The Morgan fingerprint density at radius 1 is 1.27 bits per heavy atom. The van der Waals surface area contributed by atoms with E-state index >= 15 is 0 Å². The highest BCUT2D eigenvalue weighted by Gasteiger charge is 1.93. The summed E-state index contributed by atoms with van der Waals surface area (Å²) in [6.45, 7) is 3.21. The highest BCUT2D eigenvalue weighted by molar-refractivity contribution is 5.48. The zero-order chi connectivity index (χ0) is 10.9. The van der Waals surface area contributed by atoms with Crippen LogP contribution in [0.1, 0.15) is 38.2 Å². The maximum Gasteiger partial charge on any atom is 0.0992 e. The molecule has 0 unspecified atom stereocenters. The van der Waals surface area contributed by atoms with Gasteiger partial charge in [-0.25, -0.2) is 0 Å². The second-order valence-electron chi connectivity index (χ2n) is 3.68. The van der Waals surface area contributed by atoms with Crippen LogP contribution in [0.25, 0.3) is 0 Å². The van der Waals surface area contributed by atoms with E-state index in [1.54, 1.807) is 0 Å². The fraction of sp³-hybridized carbons (Fsp3) is 0.462. The largest absolute Gasteiger partial charge is 0.385 e. The van der Waals surface area contributed by atoms with Crippen LogP contribution in [0.4, 0.5) is 5.69 Å². The van der Waals surface area contributed by atoms with Gasteiger partial charge in [-0.15, -0.1) is 0 Å². The normalized spacial score (nSPS) is 9.60. The van der Waals surface area contributed by atoms with E-state index in [0.717, 1.165) is 12.2 Å². The predicted octanol–water partition coefficient (Wildman–Crippen LogP) is 3.55. The molecule has 0 aliphatic carbocycles. The molecule has 2 nitrogen and oxygen atoms in total. The lowest BCUT2D eigenvalue weighted by molar-refractivity contribution is 0.685. The van der Waals surface area contributed by atoms with Crippen molar-refractivity contribution in [1.29, 1.82) is 5.26 Å². The molecular formula is C13H18N2. The summed E-state index contributed by atoms with van der Waals surface area (Å²) in [5, 5.41) is 12.1. The van der Waals surface area contributed by atoms with Crippen LogP contribution in [0, 0.1) is 11.3 Å². The van der Waals surface area contributed by atoms with Crippen molar-refractivity contribution < 1.29 is 0 Å². The number of unbranched alkanes of at least 4 members (excludes halogenated alkanes) is 3. The van der Waals surface area contributed by atoms with Crippen LogP contribution in [0.5, 0.6) is 0 Å². The Morgan fingerprint density at radius 2 is 2.13 bits per heavy atom. The van der Waals surface area contributed by atoms with Crippen LogP contribution < -0.4 is 5.32 Å². The van der Waals surface area contributed by atoms with E-state index < -0.39 is 0 Å². The van der Waals surface area contributed by atoms with E-state index in [9.17, 15) is 0 Å². The first-order chi connectivity index (χ1) is 7.36. The van der Waals surface area contributed by atoms with Gasteiger partial charge in [-0.2, -0.15) is 5.26 Å². The first-order valence-corrected chi connectivity index (χ1v) is 5.61. The van der Waals surface area contributed by atoms with Gasteiger partial charge < -0.3 is 5.32 Å². The number of benzene rings is 1. The number of nitrogens with zero attached hydrogens (tertiary/aromatic N) is 1. The van der Waals surface area contributed by atoms with Crippen LogP contribution in [-0.4, -0.2) is 6.54 Å². The third-order valence-electron chi connectivity index (χ3n) is 2.35. The third kappa shape index (κ3) is 4.51. The van der Waals surface area contributed by atoms with Crippen LogP contribution in [-0.2, 0) is 0 Å². The molecule has 0 bridgehead atoms. The molecule has 1 N–H and O–H groups in total. The molecule has 0 spiro atoms. The van der Waals surface area contributed by atoms with Gasteiger partial charge in [-0.3, -0.25) is 0 Å². The van der Waals surface area contributed by atoms with Gasteiger partial charge >= 0.3 is 0 Å². The SMILES string of the molecule is CCCCCCNc1cccc(C#N)c1. The van der Waals surface area contributed by atoms with E-state index in [1.807, 2.05) is 24.3 Å². The Bertz CT molecular complexity index is 326. The fourth-order valence-corrected chi connectivity index (χ4v) is 1.48. The number of hydrogen-bond donors (Lipinski definition) is 1. The summed E-state index contributed by atoms with van der Waals surface area (Å²) in [7, 11) is 0. The molecule has 0 fully saturated rings. The van der Waals surface area contributed by atoms with Crippen LogP contribution in [0.3, 0.4) is 0 Å². The molecule has 0 radical (unpaired) electrons. The van der Waals surface area contributed by atoms with Gasteiger partial charge in [0.1, 0.15) is 0 Å². The molecule has 1 aromatic rings. The number of rotatable bonds is 6.